The molecule has 2 heterocycles. The van der Waals surface area contributed by atoms with Gasteiger partial charge in [0, 0.05) is 21.8 Å². The lowest BCUT2D eigenvalue weighted by molar-refractivity contribution is -0.255. The third-order valence-electron chi connectivity index (χ3n) is 4.53. The van der Waals surface area contributed by atoms with Crippen LogP contribution in [0, 0.1) is 13.8 Å². The average Bonchev–Trinajstić information content (AvgIpc) is 3.10. The van der Waals surface area contributed by atoms with Crippen molar-refractivity contribution < 1.29 is 29.0 Å². The fourth-order valence-corrected chi connectivity index (χ4v) is 5.35. The molecule has 0 radical (unpaired) electrons. The fraction of sp³-hybridized carbons (Fsp3) is 0.300. The normalized spacial score (nSPS) is 16.4. The predicted molar refractivity (Wildman–Crippen MR) is 107 cm³/mol. The molecule has 3 rings (SSSR count). The van der Waals surface area contributed by atoms with E-state index in [-0.39, 0.29) is 29.2 Å². The maximum Gasteiger partial charge on any atom is 0.341 e. The minimum atomic E-state index is -1.35. The number of amides is 2. The Kier molecular flexibility index (Phi) is 6.09. The first-order valence-electron chi connectivity index (χ1n) is 8.87. The number of imide groups is 1. The van der Waals surface area contributed by atoms with Gasteiger partial charge in [-0.1, -0.05) is 18.2 Å². The van der Waals surface area contributed by atoms with Gasteiger partial charge in [0.2, 0.25) is 11.8 Å². The highest BCUT2D eigenvalue weighted by atomic mass is 32.2. The second-order valence-corrected chi connectivity index (χ2v) is 8.79. The maximum absolute atomic E-state index is 13.0. The van der Waals surface area contributed by atoms with E-state index in [4.69, 9.17) is 4.74 Å². The van der Waals surface area contributed by atoms with Crippen LogP contribution in [-0.4, -0.2) is 35.6 Å². The van der Waals surface area contributed by atoms with Crippen LogP contribution in [-0.2, 0) is 14.3 Å². The number of carboxylic acids is 1. The molecule has 1 fully saturated rings. The Morgan fingerprint density at radius 3 is 2.62 bits per heavy atom. The summed E-state index contributed by atoms with van der Waals surface area (Å²) in [7, 11) is 0. The summed E-state index contributed by atoms with van der Waals surface area (Å²) in [6.07, 6.45) is -0.0941. The lowest BCUT2D eigenvalue weighted by atomic mass is 10.1. The largest absolute Gasteiger partial charge is 0.545 e. The molecule has 0 aliphatic carbocycles. The molecule has 9 heteroatoms. The molecule has 1 aliphatic heterocycles. The van der Waals surface area contributed by atoms with Crippen LogP contribution < -0.4 is 10.0 Å². The summed E-state index contributed by atoms with van der Waals surface area (Å²) in [6.45, 7) is 5.40. The zero-order valence-corrected chi connectivity index (χ0v) is 17.6. The molecular formula is C20H18NO6S2-. The SMILES string of the molecule is CCOC(=O)c1c(N2C(=O)C[C@H](Sc3ccccc3C(=O)[O-])C2=O)sc(C)c1C. The summed E-state index contributed by atoms with van der Waals surface area (Å²) in [5, 5.41) is 10.8. The van der Waals surface area contributed by atoms with Crippen molar-refractivity contribution in [2.45, 2.75) is 37.3 Å². The Balaban J connectivity index is 1.94. The molecule has 29 heavy (non-hydrogen) atoms. The summed E-state index contributed by atoms with van der Waals surface area (Å²) >= 11 is 2.19. The molecule has 2 aromatic rings. The van der Waals surface area contributed by atoms with Crippen LogP contribution in [0.1, 0.15) is 44.5 Å². The number of aromatic carboxylic acids is 1. The quantitative estimate of drug-likeness (QED) is 0.510. The van der Waals surface area contributed by atoms with Crippen molar-refractivity contribution in [2.75, 3.05) is 11.5 Å². The Morgan fingerprint density at radius 2 is 1.97 bits per heavy atom. The molecule has 1 atom stereocenters. The number of ether oxygens (including phenoxy) is 1. The number of hydrogen-bond acceptors (Lipinski definition) is 8. The van der Waals surface area contributed by atoms with Gasteiger partial charge < -0.3 is 14.6 Å². The zero-order chi connectivity index (χ0) is 21.3. The number of aryl methyl sites for hydroxylation is 1. The molecule has 152 valence electrons. The van der Waals surface area contributed by atoms with Crippen LogP contribution in [0.4, 0.5) is 5.00 Å². The van der Waals surface area contributed by atoms with Gasteiger partial charge in [-0.25, -0.2) is 9.69 Å². The molecule has 0 saturated carbocycles. The number of carbonyl (C=O) groups is 4. The van der Waals surface area contributed by atoms with Gasteiger partial charge in [0.25, 0.3) is 0 Å². The minimum Gasteiger partial charge on any atom is -0.545 e. The summed E-state index contributed by atoms with van der Waals surface area (Å²) < 4.78 is 5.10. The molecule has 1 aromatic heterocycles. The van der Waals surface area contributed by atoms with E-state index in [1.807, 2.05) is 0 Å². The minimum absolute atomic E-state index is 0.0359. The second-order valence-electron chi connectivity index (χ2n) is 6.35. The number of rotatable bonds is 6. The monoisotopic (exact) mass is 432 g/mol. The maximum atomic E-state index is 13.0. The van der Waals surface area contributed by atoms with Gasteiger partial charge in [0.1, 0.15) is 5.00 Å². The van der Waals surface area contributed by atoms with Crippen molar-refractivity contribution in [3.8, 4) is 0 Å². The van der Waals surface area contributed by atoms with Crippen molar-refractivity contribution in [1.29, 1.82) is 0 Å². The Morgan fingerprint density at radius 1 is 1.28 bits per heavy atom. The summed E-state index contributed by atoms with van der Waals surface area (Å²) in [5.74, 6) is -2.86. The Labute approximate surface area is 175 Å². The molecule has 1 saturated heterocycles. The predicted octanol–water partition coefficient (Wildman–Crippen LogP) is 2.33. The summed E-state index contributed by atoms with van der Waals surface area (Å²) in [5.41, 5.74) is 0.852. The third-order valence-corrected chi connectivity index (χ3v) is 6.99. The number of thioether (sulfide) groups is 1. The van der Waals surface area contributed by atoms with Gasteiger partial charge in [0.15, 0.2) is 0 Å². The van der Waals surface area contributed by atoms with Gasteiger partial charge >= 0.3 is 5.97 Å². The topological polar surface area (TPSA) is 104 Å². The summed E-state index contributed by atoms with van der Waals surface area (Å²) in [6, 6.07) is 6.17. The molecule has 2 amide bonds. The standard InChI is InChI=1S/C20H19NO6S2/c1-4-27-20(26)16-10(2)11(3)28-18(16)21-15(22)9-14(17(21)23)29-13-8-6-5-7-12(13)19(24)25/h5-8,14H,4,9H2,1-3H3,(H,24,25)/p-1/t14-/m0/s1. The molecule has 0 N–H and O–H groups in total. The van der Waals surface area contributed by atoms with Crippen molar-refractivity contribution in [3.63, 3.8) is 0 Å². The van der Waals surface area contributed by atoms with E-state index in [0.29, 0.717) is 10.5 Å². The highest BCUT2D eigenvalue weighted by Gasteiger charge is 2.43. The first-order valence-corrected chi connectivity index (χ1v) is 10.6. The van der Waals surface area contributed by atoms with Gasteiger partial charge in [-0.3, -0.25) is 9.59 Å². The van der Waals surface area contributed by atoms with Crippen LogP contribution in [0.25, 0.3) is 0 Å². The first kappa shape index (κ1) is 21.1. The van der Waals surface area contributed by atoms with Gasteiger partial charge in [-0.2, -0.15) is 0 Å². The van der Waals surface area contributed by atoms with Crippen LogP contribution in [0.3, 0.4) is 0 Å². The van der Waals surface area contributed by atoms with Crippen LogP contribution in [0.2, 0.25) is 0 Å². The van der Waals surface area contributed by atoms with Crippen molar-refractivity contribution >= 4 is 51.9 Å². The Bertz CT molecular complexity index is 1010. The highest BCUT2D eigenvalue weighted by molar-refractivity contribution is 8.00. The molecule has 1 aliphatic rings. The van der Waals surface area contributed by atoms with Crippen molar-refractivity contribution in [2.24, 2.45) is 0 Å². The van der Waals surface area contributed by atoms with Crippen LogP contribution in [0.5, 0.6) is 0 Å². The van der Waals surface area contributed by atoms with Crippen LogP contribution in [0.15, 0.2) is 29.2 Å². The number of anilines is 1. The molecule has 1 aromatic carbocycles. The van der Waals surface area contributed by atoms with E-state index in [2.05, 4.69) is 0 Å². The lowest BCUT2D eigenvalue weighted by Gasteiger charge is -2.16. The van der Waals surface area contributed by atoms with Gasteiger partial charge in [0.05, 0.1) is 23.4 Å². The van der Waals surface area contributed by atoms with E-state index >= 15 is 0 Å². The van der Waals surface area contributed by atoms with Gasteiger partial charge in [-0.05, 0) is 32.4 Å². The van der Waals surface area contributed by atoms with E-state index in [9.17, 15) is 24.3 Å². The lowest BCUT2D eigenvalue weighted by Crippen LogP contribution is -2.32. The molecular weight excluding hydrogens is 414 g/mol. The van der Waals surface area contributed by atoms with E-state index < -0.39 is 29.0 Å². The number of esters is 1. The number of carbonyl (C=O) groups excluding carboxylic acids is 4. The second kappa shape index (κ2) is 8.38. The highest BCUT2D eigenvalue weighted by Crippen LogP contribution is 2.41. The van der Waals surface area contributed by atoms with E-state index in [1.54, 1.807) is 39.0 Å². The third kappa shape index (κ3) is 3.92. The smallest absolute Gasteiger partial charge is 0.341 e. The first-order chi connectivity index (χ1) is 13.8. The molecule has 0 bridgehead atoms. The van der Waals surface area contributed by atoms with Gasteiger partial charge in [-0.15, -0.1) is 23.1 Å². The van der Waals surface area contributed by atoms with E-state index in [0.717, 1.165) is 21.5 Å². The number of carboxylic acid groups (broad SMARTS) is 1. The Hall–Kier alpha value is -2.65. The fourth-order valence-electron chi connectivity index (χ4n) is 3.01. The number of thiophene rings is 1. The molecule has 0 unspecified atom stereocenters. The van der Waals surface area contributed by atoms with Crippen LogP contribution >= 0.6 is 23.1 Å². The number of nitrogens with zero attached hydrogens (tertiary/aromatic N) is 1. The summed E-state index contributed by atoms with van der Waals surface area (Å²) in [4.78, 5) is 51.6. The number of hydrogen-bond donors (Lipinski definition) is 0. The van der Waals surface area contributed by atoms with E-state index in [1.165, 1.54) is 17.4 Å². The molecule has 7 nitrogen and oxygen atoms in total. The molecule has 0 spiro atoms. The number of benzene rings is 1. The van der Waals surface area contributed by atoms with Crippen molar-refractivity contribution in [1.82, 2.24) is 0 Å². The van der Waals surface area contributed by atoms with Crippen molar-refractivity contribution in [3.05, 3.63) is 45.8 Å². The average molecular weight is 432 g/mol. The zero-order valence-electron chi connectivity index (χ0n) is 16.0.